The van der Waals surface area contributed by atoms with E-state index in [9.17, 15) is 19.7 Å². The predicted octanol–water partition coefficient (Wildman–Crippen LogP) is 2.01. The van der Waals surface area contributed by atoms with Crippen molar-refractivity contribution in [3.63, 3.8) is 0 Å². The Balaban J connectivity index is 3.09. The highest BCUT2D eigenvalue weighted by atomic mass is 16.6. The summed E-state index contributed by atoms with van der Waals surface area (Å²) >= 11 is 0. The van der Waals surface area contributed by atoms with Gasteiger partial charge in [0.25, 0.3) is 0 Å². The van der Waals surface area contributed by atoms with Gasteiger partial charge in [0.1, 0.15) is 0 Å². The number of carbonyl (C=O) groups excluding carboxylic acids is 1. The van der Waals surface area contributed by atoms with Crippen molar-refractivity contribution < 1.29 is 29.1 Å². The van der Waals surface area contributed by atoms with Gasteiger partial charge in [-0.15, -0.1) is 0 Å². The molecular weight excluding hydrogens is 282 g/mol. The number of hydrogen-bond acceptors (Lipinski definition) is 6. The summed E-state index contributed by atoms with van der Waals surface area (Å²) in [6, 6.07) is 3.21. The Morgan fingerprint density at radius 3 is 2.52 bits per heavy atom. The van der Waals surface area contributed by atoms with E-state index in [4.69, 9.17) is 14.6 Å². The van der Waals surface area contributed by atoms with E-state index in [1.165, 1.54) is 6.07 Å². The molecule has 8 nitrogen and oxygen atoms in total. The molecule has 1 rings (SSSR count). The number of nitrogens with zero attached hydrogens (tertiary/aromatic N) is 1. The second-order valence-corrected chi connectivity index (χ2v) is 4.01. The number of carboxylic acid groups (broad SMARTS) is 1. The normalized spacial score (nSPS) is 11.5. The molecule has 0 heterocycles. The van der Waals surface area contributed by atoms with Crippen LogP contribution in [0.15, 0.2) is 18.2 Å². The number of carboxylic acids is 1. The molecular formula is C13H15NO7. The molecule has 0 aromatic heterocycles. The largest absolute Gasteiger partial charge is 0.478 e. The van der Waals surface area contributed by atoms with Gasteiger partial charge in [-0.2, -0.15) is 0 Å². The summed E-state index contributed by atoms with van der Waals surface area (Å²) in [5, 5.41) is 19.8. The second kappa shape index (κ2) is 7.22. The first kappa shape index (κ1) is 16.4. The molecule has 114 valence electrons. The smallest absolute Gasteiger partial charge is 0.347 e. The fraction of sp³-hybridized carbons (Fsp3) is 0.385. The molecule has 0 saturated heterocycles. The highest BCUT2D eigenvalue weighted by molar-refractivity contribution is 5.89. The standard InChI is InChI=1S/C13H15NO7/c1-3-10(13(17)20-4-2)21-11-6-5-8(12(15)16)7-9(11)14(18)19/h5-7,10H,3-4H2,1-2H3,(H,15,16). The Hall–Kier alpha value is -2.64. The highest BCUT2D eigenvalue weighted by Gasteiger charge is 2.25. The number of ether oxygens (including phenoxy) is 2. The zero-order valence-electron chi connectivity index (χ0n) is 11.6. The summed E-state index contributed by atoms with van der Waals surface area (Å²) in [5.74, 6) is -2.09. The molecule has 0 aliphatic heterocycles. The predicted molar refractivity (Wildman–Crippen MR) is 71.4 cm³/mol. The molecule has 0 radical (unpaired) electrons. The molecule has 0 saturated carbocycles. The van der Waals surface area contributed by atoms with Crippen LogP contribution in [0.3, 0.4) is 0 Å². The van der Waals surface area contributed by atoms with E-state index in [0.717, 1.165) is 12.1 Å². The molecule has 0 aliphatic carbocycles. The molecule has 1 atom stereocenters. The van der Waals surface area contributed by atoms with Crippen LogP contribution in [0.5, 0.6) is 5.75 Å². The van der Waals surface area contributed by atoms with Crippen LogP contribution in [-0.4, -0.2) is 34.7 Å². The molecule has 1 aromatic rings. The Morgan fingerprint density at radius 2 is 2.05 bits per heavy atom. The van der Waals surface area contributed by atoms with Crippen LogP contribution in [0.1, 0.15) is 30.6 Å². The van der Waals surface area contributed by atoms with E-state index < -0.39 is 28.7 Å². The Kier molecular flexibility index (Phi) is 5.65. The van der Waals surface area contributed by atoms with E-state index >= 15 is 0 Å². The zero-order chi connectivity index (χ0) is 16.0. The molecule has 0 amide bonds. The monoisotopic (exact) mass is 297 g/mol. The quantitative estimate of drug-likeness (QED) is 0.465. The van der Waals surface area contributed by atoms with Gasteiger partial charge in [0.2, 0.25) is 0 Å². The van der Waals surface area contributed by atoms with E-state index in [1.807, 2.05) is 0 Å². The number of aromatic carboxylic acids is 1. The first-order chi connectivity index (χ1) is 9.90. The molecule has 21 heavy (non-hydrogen) atoms. The Bertz CT molecular complexity index is 555. The van der Waals surface area contributed by atoms with Crippen molar-refractivity contribution in [3.8, 4) is 5.75 Å². The third-order valence-corrected chi connectivity index (χ3v) is 2.59. The molecule has 0 fully saturated rings. The SMILES string of the molecule is CCOC(=O)C(CC)Oc1ccc(C(=O)O)cc1[N+](=O)[O-]. The van der Waals surface area contributed by atoms with Crippen molar-refractivity contribution in [2.75, 3.05) is 6.61 Å². The molecule has 1 aromatic carbocycles. The maximum absolute atomic E-state index is 11.6. The van der Waals surface area contributed by atoms with Crippen LogP contribution >= 0.6 is 0 Å². The first-order valence-electron chi connectivity index (χ1n) is 6.25. The van der Waals surface area contributed by atoms with Gasteiger partial charge >= 0.3 is 17.6 Å². The van der Waals surface area contributed by atoms with Crippen molar-refractivity contribution in [2.45, 2.75) is 26.4 Å². The number of nitro groups is 1. The minimum atomic E-state index is -1.29. The van der Waals surface area contributed by atoms with Crippen LogP contribution in [0.25, 0.3) is 0 Å². The number of hydrogen-bond donors (Lipinski definition) is 1. The van der Waals surface area contributed by atoms with Crippen LogP contribution in [0.2, 0.25) is 0 Å². The van der Waals surface area contributed by atoms with Crippen molar-refractivity contribution >= 4 is 17.6 Å². The second-order valence-electron chi connectivity index (χ2n) is 4.01. The molecule has 0 bridgehead atoms. The summed E-state index contributed by atoms with van der Waals surface area (Å²) in [6.45, 7) is 3.46. The van der Waals surface area contributed by atoms with Crippen LogP contribution in [-0.2, 0) is 9.53 Å². The highest BCUT2D eigenvalue weighted by Crippen LogP contribution is 2.29. The van der Waals surface area contributed by atoms with Crippen molar-refractivity contribution in [2.24, 2.45) is 0 Å². The van der Waals surface area contributed by atoms with Gasteiger partial charge in [0.15, 0.2) is 11.9 Å². The topological polar surface area (TPSA) is 116 Å². The molecule has 1 N–H and O–H groups in total. The third-order valence-electron chi connectivity index (χ3n) is 2.59. The average Bonchev–Trinajstić information content (AvgIpc) is 2.44. The van der Waals surface area contributed by atoms with Crippen molar-refractivity contribution in [1.29, 1.82) is 0 Å². The average molecular weight is 297 g/mol. The maximum atomic E-state index is 11.6. The van der Waals surface area contributed by atoms with Gasteiger partial charge in [-0.1, -0.05) is 6.92 Å². The van der Waals surface area contributed by atoms with E-state index in [2.05, 4.69) is 0 Å². The summed E-state index contributed by atoms with van der Waals surface area (Å²) in [4.78, 5) is 32.7. The fourth-order valence-electron chi connectivity index (χ4n) is 1.58. The molecule has 0 spiro atoms. The lowest BCUT2D eigenvalue weighted by atomic mass is 10.2. The number of rotatable bonds is 7. The summed E-state index contributed by atoms with van der Waals surface area (Å²) in [6.07, 6.45) is -0.726. The summed E-state index contributed by atoms with van der Waals surface area (Å²) < 4.78 is 10.1. The van der Waals surface area contributed by atoms with Crippen LogP contribution < -0.4 is 4.74 Å². The fourth-order valence-corrected chi connectivity index (χ4v) is 1.58. The third kappa shape index (κ3) is 4.16. The number of esters is 1. The van der Waals surface area contributed by atoms with Crippen molar-refractivity contribution in [3.05, 3.63) is 33.9 Å². The van der Waals surface area contributed by atoms with Gasteiger partial charge in [-0.3, -0.25) is 10.1 Å². The van der Waals surface area contributed by atoms with E-state index in [0.29, 0.717) is 0 Å². The Labute approximate surface area is 120 Å². The minimum Gasteiger partial charge on any atom is -0.478 e. The van der Waals surface area contributed by atoms with Gasteiger partial charge in [-0.05, 0) is 25.5 Å². The summed E-state index contributed by atoms with van der Waals surface area (Å²) in [5.41, 5.74) is -0.754. The van der Waals surface area contributed by atoms with Gasteiger partial charge in [-0.25, -0.2) is 9.59 Å². The zero-order valence-corrected chi connectivity index (χ0v) is 11.6. The minimum absolute atomic E-state index is 0.165. The maximum Gasteiger partial charge on any atom is 0.347 e. The lowest BCUT2D eigenvalue weighted by molar-refractivity contribution is -0.386. The summed E-state index contributed by atoms with van der Waals surface area (Å²) in [7, 11) is 0. The number of benzene rings is 1. The Morgan fingerprint density at radius 1 is 1.38 bits per heavy atom. The molecule has 1 unspecified atom stereocenters. The lowest BCUT2D eigenvalue weighted by Crippen LogP contribution is -2.29. The van der Waals surface area contributed by atoms with E-state index in [-0.39, 0.29) is 24.3 Å². The van der Waals surface area contributed by atoms with E-state index in [1.54, 1.807) is 13.8 Å². The van der Waals surface area contributed by atoms with Crippen LogP contribution in [0, 0.1) is 10.1 Å². The van der Waals surface area contributed by atoms with Crippen LogP contribution in [0.4, 0.5) is 5.69 Å². The van der Waals surface area contributed by atoms with Crippen molar-refractivity contribution in [1.82, 2.24) is 0 Å². The number of nitro benzene ring substituents is 1. The lowest BCUT2D eigenvalue weighted by Gasteiger charge is -2.16. The number of carbonyl (C=O) groups is 2. The molecule has 8 heteroatoms. The molecule has 0 aliphatic rings. The van der Waals surface area contributed by atoms with Gasteiger partial charge in [0, 0.05) is 6.07 Å². The van der Waals surface area contributed by atoms with Gasteiger partial charge in [0.05, 0.1) is 17.1 Å². The van der Waals surface area contributed by atoms with Gasteiger partial charge < -0.3 is 14.6 Å². The first-order valence-corrected chi connectivity index (χ1v) is 6.25.